The Labute approximate surface area is 116 Å². The molecule has 0 radical (unpaired) electrons. The van der Waals surface area contributed by atoms with Crippen LogP contribution in [-0.2, 0) is 0 Å². The molecule has 0 aliphatic heterocycles. The van der Waals surface area contributed by atoms with E-state index in [2.05, 4.69) is 16.0 Å². The van der Waals surface area contributed by atoms with E-state index in [9.17, 15) is 0 Å². The third-order valence-corrected chi connectivity index (χ3v) is 3.28. The first kappa shape index (κ1) is 13.4. The average Bonchev–Trinajstić information content (AvgIpc) is 2.49. The van der Waals surface area contributed by atoms with Crippen molar-refractivity contribution >= 4 is 11.8 Å². The summed E-state index contributed by atoms with van der Waals surface area (Å²) in [4.78, 5) is 8.27. The Morgan fingerprint density at radius 2 is 1.89 bits per heavy atom. The minimum absolute atomic E-state index is 0.643. The van der Waals surface area contributed by atoms with Crippen molar-refractivity contribution < 1.29 is 4.74 Å². The van der Waals surface area contributed by atoms with Crippen molar-refractivity contribution in [2.24, 2.45) is 0 Å². The Hall–Kier alpha value is -2.06. The van der Waals surface area contributed by atoms with E-state index < -0.39 is 0 Å². The van der Waals surface area contributed by atoms with Crippen molar-refractivity contribution in [1.29, 1.82) is 5.26 Å². The van der Waals surface area contributed by atoms with Crippen LogP contribution >= 0.6 is 11.8 Å². The number of thioether (sulfide) groups is 1. The molecule has 19 heavy (non-hydrogen) atoms. The van der Waals surface area contributed by atoms with Gasteiger partial charge in [0.1, 0.15) is 5.75 Å². The third-order valence-electron chi connectivity index (χ3n) is 2.31. The molecule has 0 saturated heterocycles. The van der Waals surface area contributed by atoms with Gasteiger partial charge < -0.3 is 4.74 Å². The molecular formula is C14H13N3OS. The van der Waals surface area contributed by atoms with Crippen molar-refractivity contribution in [3.8, 4) is 11.8 Å². The number of hydrogen-bond acceptors (Lipinski definition) is 5. The Bertz CT molecular complexity index is 537. The van der Waals surface area contributed by atoms with E-state index in [1.807, 2.05) is 12.1 Å². The van der Waals surface area contributed by atoms with Gasteiger partial charge in [-0.2, -0.15) is 5.26 Å². The van der Waals surface area contributed by atoms with E-state index in [1.54, 1.807) is 42.4 Å². The van der Waals surface area contributed by atoms with Gasteiger partial charge in [0.15, 0.2) is 5.16 Å². The number of aromatic nitrogens is 2. The first-order valence-electron chi connectivity index (χ1n) is 5.91. The maximum absolute atomic E-state index is 8.68. The van der Waals surface area contributed by atoms with Crippen LogP contribution in [0.2, 0.25) is 0 Å². The summed E-state index contributed by atoms with van der Waals surface area (Å²) in [5, 5.41) is 9.47. The zero-order valence-corrected chi connectivity index (χ0v) is 11.1. The van der Waals surface area contributed by atoms with E-state index in [-0.39, 0.29) is 0 Å². The highest BCUT2D eigenvalue weighted by Gasteiger charge is 1.97. The van der Waals surface area contributed by atoms with E-state index >= 15 is 0 Å². The molecule has 0 bridgehead atoms. The lowest BCUT2D eigenvalue weighted by atomic mass is 10.2. The van der Waals surface area contributed by atoms with Crippen molar-refractivity contribution in [1.82, 2.24) is 9.97 Å². The van der Waals surface area contributed by atoms with Crippen molar-refractivity contribution in [3.05, 3.63) is 48.3 Å². The molecule has 1 heterocycles. The largest absolute Gasteiger partial charge is 0.494 e. The van der Waals surface area contributed by atoms with Crippen LogP contribution in [0.3, 0.4) is 0 Å². The van der Waals surface area contributed by atoms with Gasteiger partial charge in [-0.25, -0.2) is 9.97 Å². The fraction of sp³-hybridized carbons (Fsp3) is 0.214. The second kappa shape index (κ2) is 7.39. The zero-order valence-electron chi connectivity index (χ0n) is 10.3. The Kier molecular flexibility index (Phi) is 5.20. The molecule has 0 N–H and O–H groups in total. The highest BCUT2D eigenvalue weighted by molar-refractivity contribution is 7.99. The van der Waals surface area contributed by atoms with Crippen molar-refractivity contribution in [2.75, 3.05) is 12.4 Å². The summed E-state index contributed by atoms with van der Waals surface area (Å²) in [6, 6.07) is 11.0. The lowest BCUT2D eigenvalue weighted by molar-refractivity contribution is 0.318. The van der Waals surface area contributed by atoms with Gasteiger partial charge in [0.25, 0.3) is 0 Å². The summed E-state index contributed by atoms with van der Waals surface area (Å²) in [6.07, 6.45) is 4.40. The first-order chi connectivity index (χ1) is 9.38. The molecule has 1 aromatic carbocycles. The number of nitriles is 1. The monoisotopic (exact) mass is 271 g/mol. The van der Waals surface area contributed by atoms with E-state index in [0.29, 0.717) is 12.2 Å². The van der Waals surface area contributed by atoms with Gasteiger partial charge >= 0.3 is 0 Å². The maximum atomic E-state index is 8.68. The van der Waals surface area contributed by atoms with Gasteiger partial charge in [0, 0.05) is 18.1 Å². The van der Waals surface area contributed by atoms with Gasteiger partial charge in [-0.15, -0.1) is 0 Å². The SMILES string of the molecule is N#Cc1ccc(OCCCSc2ncccn2)cc1. The number of hydrogen-bond donors (Lipinski definition) is 0. The normalized spacial score (nSPS) is 9.84. The molecule has 2 aromatic rings. The lowest BCUT2D eigenvalue weighted by Crippen LogP contribution is -1.99. The average molecular weight is 271 g/mol. The summed E-state index contributed by atoms with van der Waals surface area (Å²) in [6.45, 7) is 0.645. The maximum Gasteiger partial charge on any atom is 0.187 e. The number of rotatable bonds is 6. The molecule has 0 spiro atoms. The van der Waals surface area contributed by atoms with Gasteiger partial charge in [0.05, 0.1) is 18.2 Å². The molecule has 2 rings (SSSR count). The summed E-state index contributed by atoms with van der Waals surface area (Å²) in [5.74, 6) is 1.71. The summed E-state index contributed by atoms with van der Waals surface area (Å²) in [7, 11) is 0. The minimum Gasteiger partial charge on any atom is -0.494 e. The van der Waals surface area contributed by atoms with E-state index in [0.717, 1.165) is 23.1 Å². The van der Waals surface area contributed by atoms with Crippen LogP contribution in [0.5, 0.6) is 5.75 Å². The van der Waals surface area contributed by atoms with E-state index in [1.165, 1.54) is 0 Å². The minimum atomic E-state index is 0.643. The van der Waals surface area contributed by atoms with E-state index in [4.69, 9.17) is 10.00 Å². The molecule has 0 unspecified atom stereocenters. The fourth-order valence-corrected chi connectivity index (χ4v) is 2.11. The van der Waals surface area contributed by atoms with Crippen LogP contribution in [0.25, 0.3) is 0 Å². The predicted octanol–water partition coefficient (Wildman–Crippen LogP) is 2.91. The first-order valence-corrected chi connectivity index (χ1v) is 6.90. The third kappa shape index (κ3) is 4.60. The lowest BCUT2D eigenvalue weighted by Gasteiger charge is -2.05. The Morgan fingerprint density at radius 3 is 2.58 bits per heavy atom. The molecule has 1 aromatic heterocycles. The van der Waals surface area contributed by atoms with Gasteiger partial charge in [-0.3, -0.25) is 0 Å². The van der Waals surface area contributed by atoms with Crippen LogP contribution in [0, 0.1) is 11.3 Å². The highest BCUT2D eigenvalue weighted by Crippen LogP contribution is 2.14. The highest BCUT2D eigenvalue weighted by atomic mass is 32.2. The molecule has 0 fully saturated rings. The molecule has 5 heteroatoms. The molecule has 0 aliphatic carbocycles. The van der Waals surface area contributed by atoms with Gasteiger partial charge in [-0.1, -0.05) is 11.8 Å². The summed E-state index contributed by atoms with van der Waals surface area (Å²) in [5.41, 5.74) is 0.643. The number of ether oxygens (including phenoxy) is 1. The molecular weight excluding hydrogens is 258 g/mol. The molecule has 0 amide bonds. The molecule has 0 saturated carbocycles. The topological polar surface area (TPSA) is 58.8 Å². The van der Waals surface area contributed by atoms with Crippen molar-refractivity contribution in [3.63, 3.8) is 0 Å². The number of benzene rings is 1. The molecule has 96 valence electrons. The summed E-state index contributed by atoms with van der Waals surface area (Å²) >= 11 is 1.62. The van der Waals surface area contributed by atoms with Crippen LogP contribution in [0.1, 0.15) is 12.0 Å². The van der Waals surface area contributed by atoms with Crippen LogP contribution in [0.15, 0.2) is 47.9 Å². The summed E-state index contributed by atoms with van der Waals surface area (Å²) < 4.78 is 5.58. The second-order valence-electron chi connectivity index (χ2n) is 3.72. The van der Waals surface area contributed by atoms with Crippen LogP contribution in [0.4, 0.5) is 0 Å². The van der Waals surface area contributed by atoms with Crippen LogP contribution in [-0.4, -0.2) is 22.3 Å². The Balaban J connectivity index is 1.65. The standard InChI is InChI=1S/C14H13N3OS/c15-11-12-3-5-13(6-4-12)18-9-2-10-19-14-16-7-1-8-17-14/h1,3-8H,2,9-10H2. The predicted molar refractivity (Wildman–Crippen MR) is 74.0 cm³/mol. The van der Waals surface area contributed by atoms with Crippen molar-refractivity contribution in [2.45, 2.75) is 11.6 Å². The smallest absolute Gasteiger partial charge is 0.187 e. The second-order valence-corrected chi connectivity index (χ2v) is 4.78. The zero-order chi connectivity index (χ0) is 13.3. The van der Waals surface area contributed by atoms with Crippen LogP contribution < -0.4 is 4.74 Å². The number of nitrogens with zero attached hydrogens (tertiary/aromatic N) is 3. The molecule has 4 nitrogen and oxygen atoms in total. The van der Waals surface area contributed by atoms with Gasteiger partial charge in [0.2, 0.25) is 0 Å². The quantitative estimate of drug-likeness (QED) is 0.459. The molecule has 0 aliphatic rings. The van der Waals surface area contributed by atoms with Gasteiger partial charge in [-0.05, 0) is 36.8 Å². The molecule has 0 atom stereocenters. The fourth-order valence-electron chi connectivity index (χ4n) is 1.40. The Morgan fingerprint density at radius 1 is 1.16 bits per heavy atom.